The van der Waals surface area contributed by atoms with Crippen molar-refractivity contribution < 1.29 is 14.3 Å². The first kappa shape index (κ1) is 22.3. The summed E-state index contributed by atoms with van der Waals surface area (Å²) < 4.78 is 5.36. The third kappa shape index (κ3) is 6.29. The SMILES string of the molecule is O=C(NC(Cc1ccccc1)C(=O)N1CCN(c2ncccn2)CC1)OCc1ccccc1. The van der Waals surface area contributed by atoms with Crippen LogP contribution in [-0.2, 0) is 22.6 Å². The van der Waals surface area contributed by atoms with Gasteiger partial charge in [-0.05, 0) is 17.2 Å². The van der Waals surface area contributed by atoms with E-state index >= 15 is 0 Å². The van der Waals surface area contributed by atoms with Crippen LogP contribution in [0.4, 0.5) is 10.7 Å². The number of rotatable bonds is 7. The highest BCUT2D eigenvalue weighted by molar-refractivity contribution is 5.86. The van der Waals surface area contributed by atoms with Gasteiger partial charge in [0.15, 0.2) is 0 Å². The van der Waals surface area contributed by atoms with Gasteiger partial charge in [0.1, 0.15) is 12.6 Å². The number of carbonyl (C=O) groups is 2. The summed E-state index contributed by atoms with van der Waals surface area (Å²) in [6, 6.07) is 20.2. The Labute approximate surface area is 193 Å². The number of amides is 2. The maximum absolute atomic E-state index is 13.4. The Morgan fingerprint density at radius 2 is 1.45 bits per heavy atom. The summed E-state index contributed by atoms with van der Waals surface area (Å²) in [6.45, 7) is 2.47. The summed E-state index contributed by atoms with van der Waals surface area (Å²) in [5.41, 5.74) is 1.85. The van der Waals surface area contributed by atoms with E-state index in [1.54, 1.807) is 23.4 Å². The predicted octanol–water partition coefficient (Wildman–Crippen LogP) is 2.66. The minimum absolute atomic E-state index is 0.121. The van der Waals surface area contributed by atoms with Gasteiger partial charge >= 0.3 is 6.09 Å². The molecule has 0 aliphatic carbocycles. The van der Waals surface area contributed by atoms with Crippen LogP contribution in [-0.4, -0.2) is 59.1 Å². The van der Waals surface area contributed by atoms with E-state index in [4.69, 9.17) is 4.74 Å². The van der Waals surface area contributed by atoms with Gasteiger partial charge in [0.25, 0.3) is 0 Å². The molecule has 3 aromatic rings. The first-order chi connectivity index (χ1) is 16.2. The number of piperazine rings is 1. The summed E-state index contributed by atoms with van der Waals surface area (Å²) >= 11 is 0. The van der Waals surface area contributed by atoms with Crippen LogP contribution in [0.15, 0.2) is 79.1 Å². The number of ether oxygens (including phenoxy) is 1. The summed E-state index contributed by atoms with van der Waals surface area (Å²) in [5, 5.41) is 2.79. The first-order valence-electron chi connectivity index (χ1n) is 11.0. The summed E-state index contributed by atoms with van der Waals surface area (Å²) in [4.78, 5) is 38.3. The monoisotopic (exact) mass is 445 g/mol. The lowest BCUT2D eigenvalue weighted by molar-refractivity contribution is -0.133. The minimum atomic E-state index is -0.713. The van der Waals surface area contributed by atoms with Crippen LogP contribution in [0.25, 0.3) is 0 Å². The molecule has 1 unspecified atom stereocenters. The lowest BCUT2D eigenvalue weighted by Crippen LogP contribution is -2.56. The van der Waals surface area contributed by atoms with Crippen molar-refractivity contribution in [3.63, 3.8) is 0 Å². The van der Waals surface area contributed by atoms with Crippen LogP contribution in [0.3, 0.4) is 0 Å². The number of alkyl carbamates (subject to hydrolysis) is 1. The average Bonchev–Trinajstić information content (AvgIpc) is 2.88. The number of anilines is 1. The molecule has 2 amide bonds. The molecular formula is C25H27N5O3. The van der Waals surface area contributed by atoms with Crippen molar-refractivity contribution in [2.45, 2.75) is 19.1 Å². The molecule has 2 heterocycles. The van der Waals surface area contributed by atoms with Gasteiger partial charge in [0.05, 0.1) is 0 Å². The third-order valence-corrected chi connectivity index (χ3v) is 5.51. The van der Waals surface area contributed by atoms with Crippen LogP contribution >= 0.6 is 0 Å². The molecule has 0 radical (unpaired) electrons. The second-order valence-corrected chi connectivity index (χ2v) is 7.81. The highest BCUT2D eigenvalue weighted by Crippen LogP contribution is 2.13. The van der Waals surface area contributed by atoms with Crippen LogP contribution in [0.2, 0.25) is 0 Å². The number of nitrogens with zero attached hydrogens (tertiary/aromatic N) is 4. The Hall–Kier alpha value is -3.94. The molecule has 1 aliphatic heterocycles. The molecule has 1 aliphatic rings. The first-order valence-corrected chi connectivity index (χ1v) is 11.0. The van der Waals surface area contributed by atoms with Crippen LogP contribution in [0, 0.1) is 0 Å². The zero-order valence-corrected chi connectivity index (χ0v) is 18.3. The normalized spacial score (nSPS) is 14.4. The van der Waals surface area contributed by atoms with E-state index in [0.717, 1.165) is 11.1 Å². The molecule has 1 aromatic heterocycles. The summed E-state index contributed by atoms with van der Waals surface area (Å²) in [7, 11) is 0. The number of hydrogen-bond donors (Lipinski definition) is 1. The lowest BCUT2D eigenvalue weighted by atomic mass is 10.0. The molecule has 170 valence electrons. The Morgan fingerprint density at radius 1 is 0.848 bits per heavy atom. The maximum atomic E-state index is 13.4. The zero-order chi connectivity index (χ0) is 22.9. The molecule has 4 rings (SSSR count). The smallest absolute Gasteiger partial charge is 0.408 e. The second-order valence-electron chi connectivity index (χ2n) is 7.81. The Morgan fingerprint density at radius 3 is 2.09 bits per heavy atom. The molecule has 33 heavy (non-hydrogen) atoms. The number of carbonyl (C=O) groups excluding carboxylic acids is 2. The fourth-order valence-electron chi connectivity index (χ4n) is 3.76. The van der Waals surface area contributed by atoms with Gasteiger partial charge in [0, 0.05) is 45.0 Å². The van der Waals surface area contributed by atoms with Gasteiger partial charge < -0.3 is 19.9 Å². The van der Waals surface area contributed by atoms with Gasteiger partial charge in [0.2, 0.25) is 11.9 Å². The van der Waals surface area contributed by atoms with E-state index in [1.807, 2.05) is 60.7 Å². The van der Waals surface area contributed by atoms with E-state index in [1.165, 1.54) is 0 Å². The van der Waals surface area contributed by atoms with Gasteiger partial charge in [-0.15, -0.1) is 0 Å². The molecule has 2 aromatic carbocycles. The molecule has 0 spiro atoms. The lowest BCUT2D eigenvalue weighted by Gasteiger charge is -2.36. The fraction of sp³-hybridized carbons (Fsp3) is 0.280. The fourth-order valence-corrected chi connectivity index (χ4v) is 3.76. The van der Waals surface area contributed by atoms with Crippen LogP contribution in [0.1, 0.15) is 11.1 Å². The largest absolute Gasteiger partial charge is 0.445 e. The molecule has 1 fully saturated rings. The van der Waals surface area contributed by atoms with E-state index < -0.39 is 12.1 Å². The van der Waals surface area contributed by atoms with Crippen molar-refractivity contribution >= 4 is 17.9 Å². The zero-order valence-electron chi connectivity index (χ0n) is 18.3. The van der Waals surface area contributed by atoms with Crippen molar-refractivity contribution in [2.24, 2.45) is 0 Å². The van der Waals surface area contributed by atoms with Crippen molar-refractivity contribution in [2.75, 3.05) is 31.1 Å². The number of hydrogen-bond acceptors (Lipinski definition) is 6. The van der Waals surface area contributed by atoms with Crippen molar-refractivity contribution in [3.8, 4) is 0 Å². The Kier molecular flexibility index (Phi) is 7.48. The quantitative estimate of drug-likeness (QED) is 0.602. The Balaban J connectivity index is 1.38. The molecule has 1 N–H and O–H groups in total. The molecule has 1 atom stereocenters. The Bertz CT molecular complexity index is 1030. The van der Waals surface area contributed by atoms with Gasteiger partial charge in [-0.25, -0.2) is 14.8 Å². The van der Waals surface area contributed by atoms with Crippen molar-refractivity contribution in [1.82, 2.24) is 20.2 Å². The van der Waals surface area contributed by atoms with Gasteiger partial charge in [-0.3, -0.25) is 4.79 Å². The van der Waals surface area contributed by atoms with Crippen LogP contribution < -0.4 is 10.2 Å². The standard InChI is InChI=1S/C25H27N5O3/c31-23(29-14-16-30(17-15-29)24-26-12-7-13-27-24)22(18-20-8-3-1-4-9-20)28-25(32)33-19-21-10-5-2-6-11-21/h1-13,22H,14-19H2,(H,28,32). The van der Waals surface area contributed by atoms with E-state index in [2.05, 4.69) is 20.2 Å². The van der Waals surface area contributed by atoms with Crippen molar-refractivity contribution in [3.05, 3.63) is 90.3 Å². The molecule has 0 saturated carbocycles. The van der Waals surface area contributed by atoms with Crippen LogP contribution in [0.5, 0.6) is 0 Å². The van der Waals surface area contributed by atoms with E-state index in [9.17, 15) is 9.59 Å². The highest BCUT2D eigenvalue weighted by atomic mass is 16.5. The molecular weight excluding hydrogens is 418 g/mol. The predicted molar refractivity (Wildman–Crippen MR) is 125 cm³/mol. The average molecular weight is 446 g/mol. The van der Waals surface area contributed by atoms with E-state index in [-0.39, 0.29) is 12.5 Å². The number of aromatic nitrogens is 2. The molecule has 8 heteroatoms. The minimum Gasteiger partial charge on any atom is -0.445 e. The maximum Gasteiger partial charge on any atom is 0.408 e. The number of benzene rings is 2. The van der Waals surface area contributed by atoms with Gasteiger partial charge in [-0.1, -0.05) is 60.7 Å². The molecule has 8 nitrogen and oxygen atoms in total. The topological polar surface area (TPSA) is 87.7 Å². The van der Waals surface area contributed by atoms with E-state index in [0.29, 0.717) is 38.5 Å². The third-order valence-electron chi connectivity index (χ3n) is 5.51. The molecule has 0 bridgehead atoms. The summed E-state index contributed by atoms with van der Waals surface area (Å²) in [5.74, 6) is 0.539. The molecule has 1 saturated heterocycles. The summed E-state index contributed by atoms with van der Waals surface area (Å²) in [6.07, 6.45) is 3.20. The van der Waals surface area contributed by atoms with Gasteiger partial charge in [-0.2, -0.15) is 0 Å². The second kappa shape index (κ2) is 11.1. The number of nitrogens with one attached hydrogen (secondary N) is 1. The van der Waals surface area contributed by atoms with Crippen molar-refractivity contribution in [1.29, 1.82) is 0 Å². The highest BCUT2D eigenvalue weighted by Gasteiger charge is 2.30.